The molecule has 1 N–H and O–H groups in total. The van der Waals surface area contributed by atoms with Crippen LogP contribution < -0.4 is 29.2 Å². The maximum Gasteiger partial charge on any atom is 0.229 e. The van der Waals surface area contributed by atoms with Gasteiger partial charge in [0.1, 0.15) is 23.0 Å². The third-order valence-corrected chi connectivity index (χ3v) is 5.20. The molecule has 1 atom stereocenters. The summed E-state index contributed by atoms with van der Waals surface area (Å²) in [5, 5.41) is 3.13. The molecule has 2 aromatic carbocycles. The highest BCUT2D eigenvalue weighted by molar-refractivity contribution is 6.32. The molecule has 0 aliphatic carbocycles. The number of hydrogen-bond acceptors (Lipinski definition) is 6. The topological polar surface area (TPSA) is 86.3 Å². The van der Waals surface area contributed by atoms with Crippen molar-refractivity contribution in [3.63, 3.8) is 0 Å². The molecule has 1 aliphatic heterocycles. The predicted octanol–water partition coefficient (Wildman–Crippen LogP) is 3.37. The second-order valence-electron chi connectivity index (χ2n) is 6.62. The summed E-state index contributed by atoms with van der Waals surface area (Å²) in [4.78, 5) is 27.0. The van der Waals surface area contributed by atoms with E-state index in [1.54, 1.807) is 42.3 Å². The number of ether oxygens (including phenoxy) is 4. The zero-order valence-electron chi connectivity index (χ0n) is 17.2. The molecule has 2 amide bonds. The van der Waals surface area contributed by atoms with Gasteiger partial charge in [0.05, 0.1) is 50.8 Å². The Kier molecular flexibility index (Phi) is 6.56. The summed E-state index contributed by atoms with van der Waals surface area (Å²) >= 11 is 6.17. The molecule has 0 radical (unpaired) electrons. The molecule has 0 bridgehead atoms. The van der Waals surface area contributed by atoms with E-state index in [2.05, 4.69) is 5.32 Å². The number of carbonyl (C=O) groups excluding carboxylic acids is 2. The first-order chi connectivity index (χ1) is 14.4. The van der Waals surface area contributed by atoms with Gasteiger partial charge in [0.2, 0.25) is 11.8 Å². The minimum atomic E-state index is -0.546. The average molecular weight is 435 g/mol. The Labute approximate surface area is 179 Å². The van der Waals surface area contributed by atoms with Crippen LogP contribution in [0.3, 0.4) is 0 Å². The number of carbonyl (C=O) groups is 2. The maximum atomic E-state index is 12.9. The fraction of sp³-hybridized carbons (Fsp3) is 0.333. The van der Waals surface area contributed by atoms with Gasteiger partial charge in [-0.25, -0.2) is 0 Å². The largest absolute Gasteiger partial charge is 0.497 e. The van der Waals surface area contributed by atoms with Crippen LogP contribution in [-0.2, 0) is 9.59 Å². The van der Waals surface area contributed by atoms with Gasteiger partial charge in [0, 0.05) is 25.1 Å². The first-order valence-corrected chi connectivity index (χ1v) is 9.54. The SMILES string of the molecule is COc1ccc(N2CC(C(=O)Nc3cc(Cl)c(OC)cc3OC)CC2=O)c(OC)c1. The van der Waals surface area contributed by atoms with Gasteiger partial charge in [-0.05, 0) is 18.2 Å². The quantitative estimate of drug-likeness (QED) is 0.719. The predicted molar refractivity (Wildman–Crippen MR) is 113 cm³/mol. The lowest BCUT2D eigenvalue weighted by molar-refractivity contribution is -0.122. The first kappa shape index (κ1) is 21.6. The highest BCUT2D eigenvalue weighted by Crippen LogP contribution is 2.38. The zero-order valence-corrected chi connectivity index (χ0v) is 17.9. The smallest absolute Gasteiger partial charge is 0.229 e. The van der Waals surface area contributed by atoms with Gasteiger partial charge in [0.25, 0.3) is 0 Å². The van der Waals surface area contributed by atoms with Crippen molar-refractivity contribution in [2.75, 3.05) is 45.2 Å². The van der Waals surface area contributed by atoms with Crippen LogP contribution in [0.1, 0.15) is 6.42 Å². The molecule has 160 valence electrons. The molecule has 1 saturated heterocycles. The van der Waals surface area contributed by atoms with Gasteiger partial charge in [-0.3, -0.25) is 9.59 Å². The highest BCUT2D eigenvalue weighted by atomic mass is 35.5. The summed E-state index contributed by atoms with van der Waals surface area (Å²) in [6, 6.07) is 8.32. The molecular formula is C21H23ClN2O6. The van der Waals surface area contributed by atoms with Crippen LogP contribution in [0.5, 0.6) is 23.0 Å². The Bertz CT molecular complexity index is 965. The van der Waals surface area contributed by atoms with E-state index >= 15 is 0 Å². The molecule has 0 spiro atoms. The summed E-state index contributed by atoms with van der Waals surface area (Å²) in [6.45, 7) is 0.222. The van der Waals surface area contributed by atoms with E-state index in [0.29, 0.717) is 39.4 Å². The Morgan fingerprint density at radius 1 is 1.00 bits per heavy atom. The molecule has 8 nitrogen and oxygen atoms in total. The lowest BCUT2D eigenvalue weighted by Gasteiger charge is -2.20. The minimum absolute atomic E-state index is 0.0766. The van der Waals surface area contributed by atoms with Crippen molar-refractivity contribution < 1.29 is 28.5 Å². The molecule has 1 fully saturated rings. The number of nitrogens with one attached hydrogen (secondary N) is 1. The molecular weight excluding hydrogens is 412 g/mol. The van der Waals surface area contributed by atoms with E-state index in [1.807, 2.05) is 0 Å². The van der Waals surface area contributed by atoms with E-state index in [9.17, 15) is 9.59 Å². The Balaban J connectivity index is 1.79. The number of anilines is 2. The van der Waals surface area contributed by atoms with Crippen LogP contribution >= 0.6 is 11.6 Å². The van der Waals surface area contributed by atoms with E-state index in [0.717, 1.165) is 0 Å². The molecule has 0 saturated carbocycles. The standard InChI is InChI=1S/C21H23ClN2O6/c1-27-13-5-6-16(19(8-13)30-4)24-11-12(7-20(24)25)21(26)23-15-9-14(22)17(28-2)10-18(15)29-3/h5-6,8-10,12H,7,11H2,1-4H3,(H,23,26). The third kappa shape index (κ3) is 4.23. The normalized spacial score (nSPS) is 15.7. The Morgan fingerprint density at radius 2 is 1.70 bits per heavy atom. The van der Waals surface area contributed by atoms with Gasteiger partial charge in [0.15, 0.2) is 0 Å². The molecule has 1 unspecified atom stereocenters. The van der Waals surface area contributed by atoms with Gasteiger partial charge in [-0.1, -0.05) is 11.6 Å². The van der Waals surface area contributed by atoms with Crippen LogP contribution in [0, 0.1) is 5.92 Å². The van der Waals surface area contributed by atoms with E-state index in [-0.39, 0.29) is 24.8 Å². The molecule has 9 heteroatoms. The first-order valence-electron chi connectivity index (χ1n) is 9.16. The van der Waals surface area contributed by atoms with Crippen molar-refractivity contribution in [1.29, 1.82) is 0 Å². The van der Waals surface area contributed by atoms with Gasteiger partial charge in [-0.15, -0.1) is 0 Å². The second-order valence-corrected chi connectivity index (χ2v) is 7.03. The van der Waals surface area contributed by atoms with Crippen LogP contribution in [0.15, 0.2) is 30.3 Å². The number of benzene rings is 2. The van der Waals surface area contributed by atoms with Gasteiger partial charge < -0.3 is 29.2 Å². The minimum Gasteiger partial charge on any atom is -0.497 e. The summed E-state index contributed by atoms with van der Waals surface area (Å²) in [7, 11) is 6.04. The molecule has 30 heavy (non-hydrogen) atoms. The summed E-state index contributed by atoms with van der Waals surface area (Å²) in [5.74, 6) is 0.918. The highest BCUT2D eigenvalue weighted by Gasteiger charge is 2.36. The Morgan fingerprint density at radius 3 is 2.33 bits per heavy atom. The van der Waals surface area contributed by atoms with Gasteiger partial charge >= 0.3 is 0 Å². The van der Waals surface area contributed by atoms with Crippen molar-refractivity contribution in [1.82, 2.24) is 0 Å². The average Bonchev–Trinajstić information content (AvgIpc) is 3.15. The van der Waals surface area contributed by atoms with Crippen LogP contribution in [-0.4, -0.2) is 46.8 Å². The van der Waals surface area contributed by atoms with Crippen molar-refractivity contribution in [3.8, 4) is 23.0 Å². The molecule has 3 rings (SSSR count). The van der Waals surface area contributed by atoms with Crippen LogP contribution in [0.25, 0.3) is 0 Å². The monoisotopic (exact) mass is 434 g/mol. The van der Waals surface area contributed by atoms with E-state index in [1.165, 1.54) is 21.3 Å². The molecule has 2 aromatic rings. The maximum absolute atomic E-state index is 12.9. The van der Waals surface area contributed by atoms with Crippen LogP contribution in [0.2, 0.25) is 5.02 Å². The lowest BCUT2D eigenvalue weighted by atomic mass is 10.1. The second kappa shape index (κ2) is 9.13. The summed E-state index contributed by atoms with van der Waals surface area (Å²) in [6.07, 6.45) is 0.0766. The number of amides is 2. The van der Waals surface area contributed by atoms with E-state index < -0.39 is 5.92 Å². The Hall–Kier alpha value is -3.13. The zero-order chi connectivity index (χ0) is 21.8. The fourth-order valence-corrected chi connectivity index (χ4v) is 3.56. The van der Waals surface area contributed by atoms with Crippen molar-refractivity contribution in [2.45, 2.75) is 6.42 Å². The molecule has 1 aliphatic rings. The number of rotatable bonds is 7. The number of halogens is 1. The molecule has 0 aromatic heterocycles. The number of hydrogen-bond donors (Lipinski definition) is 1. The number of nitrogens with zero attached hydrogens (tertiary/aromatic N) is 1. The van der Waals surface area contributed by atoms with Crippen molar-refractivity contribution in [2.24, 2.45) is 5.92 Å². The fourth-order valence-electron chi connectivity index (χ4n) is 3.32. The summed E-state index contributed by atoms with van der Waals surface area (Å²) in [5.41, 5.74) is 0.991. The van der Waals surface area contributed by atoms with E-state index in [4.69, 9.17) is 30.5 Å². The van der Waals surface area contributed by atoms with Gasteiger partial charge in [-0.2, -0.15) is 0 Å². The van der Waals surface area contributed by atoms with Crippen molar-refractivity contribution >= 4 is 34.8 Å². The van der Waals surface area contributed by atoms with Crippen LogP contribution in [0.4, 0.5) is 11.4 Å². The third-order valence-electron chi connectivity index (χ3n) is 4.91. The summed E-state index contributed by atoms with van der Waals surface area (Å²) < 4.78 is 21.1. The molecule has 1 heterocycles. The number of methoxy groups -OCH3 is 4. The van der Waals surface area contributed by atoms with Crippen molar-refractivity contribution in [3.05, 3.63) is 35.4 Å². The lowest BCUT2D eigenvalue weighted by Crippen LogP contribution is -2.28.